The molecule has 38 heavy (non-hydrogen) atoms. The quantitative estimate of drug-likeness (QED) is 0.408. The molecule has 0 unspecified atom stereocenters. The highest BCUT2D eigenvalue weighted by atomic mass is 16.7. The molecule has 2 aromatic rings. The van der Waals surface area contributed by atoms with Crippen LogP contribution in [0.5, 0.6) is 0 Å². The van der Waals surface area contributed by atoms with Crippen molar-refractivity contribution in [2.45, 2.75) is 78.0 Å². The van der Waals surface area contributed by atoms with Gasteiger partial charge in [0.1, 0.15) is 36.2 Å². The number of nitrogens with two attached hydrogens (primary N) is 1. The summed E-state index contributed by atoms with van der Waals surface area (Å²) in [6.07, 6.45) is -3.78. The highest BCUT2D eigenvalue weighted by Crippen LogP contribution is 2.44. The summed E-state index contributed by atoms with van der Waals surface area (Å²) >= 11 is 0. The van der Waals surface area contributed by atoms with Crippen molar-refractivity contribution < 1.29 is 38.1 Å². The number of nitrogens with zero attached hydrogens (tertiary/aromatic N) is 4. The number of fused-ring (bicyclic) bond motifs is 1. The molecule has 0 aromatic carbocycles. The Morgan fingerprint density at radius 3 is 2.37 bits per heavy atom. The number of aromatic nitrogens is 3. The highest BCUT2D eigenvalue weighted by molar-refractivity contribution is 5.73. The van der Waals surface area contributed by atoms with Crippen molar-refractivity contribution in [3.05, 3.63) is 24.2 Å². The van der Waals surface area contributed by atoms with Crippen LogP contribution in [-0.2, 0) is 38.9 Å². The lowest BCUT2D eigenvalue weighted by Crippen LogP contribution is -2.47. The summed E-state index contributed by atoms with van der Waals surface area (Å²) in [5.74, 6) is -2.28. The molecule has 13 nitrogen and oxygen atoms in total. The van der Waals surface area contributed by atoms with Gasteiger partial charge in [-0.05, 0) is 32.9 Å². The maximum Gasteiger partial charge on any atom is 0.508 e. The lowest BCUT2D eigenvalue weighted by Gasteiger charge is -2.29. The number of hydrogen-bond donors (Lipinski definition) is 1. The molecular weight excluding hydrogens is 498 g/mol. The van der Waals surface area contributed by atoms with E-state index in [-0.39, 0.29) is 11.5 Å². The zero-order chi connectivity index (χ0) is 28.4. The van der Waals surface area contributed by atoms with Gasteiger partial charge in [0.05, 0.1) is 17.5 Å². The lowest BCUT2D eigenvalue weighted by molar-refractivity contribution is -0.173. The van der Waals surface area contributed by atoms with Crippen molar-refractivity contribution in [3.63, 3.8) is 0 Å². The standard InChI is InChI=1S/C25H33N5O8/c1-13(2)21(31)35-18-16(10-34-23(33)38-24(5,6)7)37-25(11-26,19(18)36-22(32)14(3)4)17-9-8-15-20(27)28-12-29-30(15)17/h8-9,12-14,16,18-19H,10H2,1-7H3,(H2,27,28,29)/t16-,18-,19-,25+/m1/s1. The minimum atomic E-state index is -2.03. The summed E-state index contributed by atoms with van der Waals surface area (Å²) in [6.45, 7) is 11.0. The summed E-state index contributed by atoms with van der Waals surface area (Å²) in [5.41, 5.74) is 3.64. The topological polar surface area (TPSA) is 177 Å². The smallest absolute Gasteiger partial charge is 0.455 e. The summed E-state index contributed by atoms with van der Waals surface area (Å²) < 4.78 is 29.4. The van der Waals surface area contributed by atoms with Crippen LogP contribution in [0.15, 0.2) is 18.5 Å². The maximum atomic E-state index is 12.8. The van der Waals surface area contributed by atoms with E-state index in [1.54, 1.807) is 54.5 Å². The molecule has 2 aromatic heterocycles. The van der Waals surface area contributed by atoms with Crippen LogP contribution in [0.4, 0.5) is 10.6 Å². The lowest BCUT2D eigenvalue weighted by atomic mass is 9.92. The van der Waals surface area contributed by atoms with Gasteiger partial charge in [0.15, 0.2) is 18.0 Å². The second-order valence-corrected chi connectivity index (χ2v) is 10.5. The molecule has 1 saturated heterocycles. The molecule has 1 aliphatic rings. The van der Waals surface area contributed by atoms with Gasteiger partial charge in [0.2, 0.25) is 5.60 Å². The fourth-order valence-corrected chi connectivity index (χ4v) is 3.76. The van der Waals surface area contributed by atoms with Crippen LogP contribution in [0.25, 0.3) is 5.52 Å². The third kappa shape index (κ3) is 5.80. The normalized spacial score (nSPS) is 23.3. The van der Waals surface area contributed by atoms with Crippen molar-refractivity contribution in [2.24, 2.45) is 11.8 Å². The molecule has 1 aliphatic heterocycles. The Bertz CT molecular complexity index is 1240. The largest absolute Gasteiger partial charge is 0.508 e. The van der Waals surface area contributed by atoms with Crippen molar-refractivity contribution in [3.8, 4) is 6.07 Å². The monoisotopic (exact) mass is 531 g/mol. The van der Waals surface area contributed by atoms with Crippen LogP contribution in [-0.4, -0.2) is 63.2 Å². The van der Waals surface area contributed by atoms with Crippen molar-refractivity contribution in [1.29, 1.82) is 5.26 Å². The predicted octanol–water partition coefficient (Wildman–Crippen LogP) is 2.52. The SMILES string of the molecule is CC(C)C(=O)O[C@H]1[C@@H](OC(=O)C(C)C)[C@](C#N)(c2ccc3c(N)ncnn23)O[C@@H]1COC(=O)OC(C)(C)C. The van der Waals surface area contributed by atoms with E-state index in [9.17, 15) is 19.6 Å². The summed E-state index contributed by atoms with van der Waals surface area (Å²) in [4.78, 5) is 41.7. The average Bonchev–Trinajstić information content (AvgIpc) is 3.38. The molecule has 3 heterocycles. The van der Waals surface area contributed by atoms with Gasteiger partial charge in [-0.25, -0.2) is 14.3 Å². The number of carbonyl (C=O) groups excluding carboxylic acids is 3. The van der Waals surface area contributed by atoms with Crippen LogP contribution in [0.2, 0.25) is 0 Å². The molecule has 0 aliphatic carbocycles. The van der Waals surface area contributed by atoms with E-state index in [2.05, 4.69) is 16.2 Å². The second kappa shape index (κ2) is 10.8. The second-order valence-electron chi connectivity index (χ2n) is 10.5. The van der Waals surface area contributed by atoms with Crippen LogP contribution in [0.3, 0.4) is 0 Å². The summed E-state index contributed by atoms with van der Waals surface area (Å²) in [5, 5.41) is 14.7. The molecule has 0 bridgehead atoms. The minimum absolute atomic E-state index is 0.139. The molecule has 0 amide bonds. The zero-order valence-corrected chi connectivity index (χ0v) is 22.5. The number of nitriles is 1. The van der Waals surface area contributed by atoms with E-state index >= 15 is 0 Å². The van der Waals surface area contributed by atoms with Crippen molar-refractivity contribution in [1.82, 2.24) is 14.6 Å². The van der Waals surface area contributed by atoms with Gasteiger partial charge in [-0.15, -0.1) is 0 Å². The maximum absolute atomic E-state index is 12.8. The first-order valence-electron chi connectivity index (χ1n) is 12.1. The molecule has 0 spiro atoms. The van der Waals surface area contributed by atoms with E-state index in [4.69, 9.17) is 29.4 Å². The number of ether oxygens (including phenoxy) is 5. The van der Waals surface area contributed by atoms with E-state index in [0.717, 1.165) is 0 Å². The van der Waals surface area contributed by atoms with Crippen molar-refractivity contribution in [2.75, 3.05) is 12.3 Å². The first kappa shape index (κ1) is 28.6. The third-order valence-electron chi connectivity index (χ3n) is 5.62. The Morgan fingerprint density at radius 1 is 1.16 bits per heavy atom. The Balaban J connectivity index is 2.12. The Morgan fingerprint density at radius 2 is 1.79 bits per heavy atom. The van der Waals surface area contributed by atoms with Gasteiger partial charge in [-0.3, -0.25) is 9.59 Å². The fourth-order valence-electron chi connectivity index (χ4n) is 3.76. The van der Waals surface area contributed by atoms with E-state index in [1.165, 1.54) is 16.9 Å². The third-order valence-corrected chi connectivity index (χ3v) is 5.62. The van der Waals surface area contributed by atoms with Crippen LogP contribution in [0.1, 0.15) is 54.2 Å². The summed E-state index contributed by atoms with van der Waals surface area (Å²) in [7, 11) is 0. The van der Waals surface area contributed by atoms with Gasteiger partial charge in [0, 0.05) is 0 Å². The van der Waals surface area contributed by atoms with Crippen LogP contribution < -0.4 is 5.73 Å². The number of rotatable bonds is 7. The van der Waals surface area contributed by atoms with Gasteiger partial charge in [-0.1, -0.05) is 27.7 Å². The number of hydrogen-bond acceptors (Lipinski definition) is 12. The molecular formula is C25H33N5O8. The first-order chi connectivity index (χ1) is 17.7. The molecule has 2 N–H and O–H groups in total. The fraction of sp³-hybridized carbons (Fsp3) is 0.600. The van der Waals surface area contributed by atoms with E-state index < -0.39 is 66.1 Å². The number of anilines is 1. The number of esters is 2. The number of nitrogen functional groups attached to an aromatic ring is 1. The van der Waals surface area contributed by atoms with Crippen molar-refractivity contribution >= 4 is 29.4 Å². The molecule has 0 saturated carbocycles. The predicted molar refractivity (Wildman–Crippen MR) is 131 cm³/mol. The zero-order valence-electron chi connectivity index (χ0n) is 22.5. The Labute approximate surface area is 220 Å². The molecule has 1 fully saturated rings. The van der Waals surface area contributed by atoms with E-state index in [0.29, 0.717) is 5.52 Å². The molecule has 206 valence electrons. The molecule has 13 heteroatoms. The molecule has 3 rings (SSSR count). The van der Waals surface area contributed by atoms with Gasteiger partial charge >= 0.3 is 18.1 Å². The summed E-state index contributed by atoms with van der Waals surface area (Å²) in [6, 6.07) is 5.19. The first-order valence-corrected chi connectivity index (χ1v) is 12.1. The Hall–Kier alpha value is -3.92. The minimum Gasteiger partial charge on any atom is -0.455 e. The highest BCUT2D eigenvalue weighted by Gasteiger charge is 2.63. The van der Waals surface area contributed by atoms with E-state index in [1.807, 2.05) is 0 Å². The number of carbonyl (C=O) groups is 3. The van der Waals surface area contributed by atoms with Gasteiger partial charge < -0.3 is 29.4 Å². The Kier molecular flexibility index (Phi) is 8.16. The molecule has 4 atom stereocenters. The van der Waals surface area contributed by atoms with Crippen LogP contribution >= 0.6 is 0 Å². The average molecular weight is 532 g/mol. The van der Waals surface area contributed by atoms with Gasteiger partial charge in [0.25, 0.3) is 0 Å². The molecule has 0 radical (unpaired) electrons. The van der Waals surface area contributed by atoms with Gasteiger partial charge in [-0.2, -0.15) is 10.4 Å². The van der Waals surface area contributed by atoms with Crippen LogP contribution in [0, 0.1) is 23.2 Å².